The van der Waals surface area contributed by atoms with Crippen molar-refractivity contribution < 1.29 is 9.90 Å². The molecule has 1 atom stereocenters. The summed E-state index contributed by atoms with van der Waals surface area (Å²) >= 11 is 0. The van der Waals surface area contributed by atoms with E-state index in [1.807, 2.05) is 6.92 Å². The lowest BCUT2D eigenvalue weighted by Gasteiger charge is -2.10. The molecule has 0 aromatic rings. The summed E-state index contributed by atoms with van der Waals surface area (Å²) in [5, 5.41) is 8.97. The maximum atomic E-state index is 10.3. The Balaban J connectivity index is 3.21. The monoisotopic (exact) mass is 146 g/mol. The molecule has 0 rings (SSSR count). The highest BCUT2D eigenvalue weighted by Gasteiger charge is 1.99. The molecule has 0 aliphatic rings. The van der Waals surface area contributed by atoms with E-state index in [2.05, 4.69) is 10.9 Å². The number of rotatable bonds is 4. The Labute approximate surface area is 60.6 Å². The Morgan fingerprint density at radius 1 is 1.70 bits per heavy atom. The van der Waals surface area contributed by atoms with Gasteiger partial charge in [-0.1, -0.05) is 13.3 Å². The Bertz CT molecular complexity index is 106. The van der Waals surface area contributed by atoms with Gasteiger partial charge in [0.1, 0.15) is 6.23 Å². The van der Waals surface area contributed by atoms with E-state index in [0.29, 0.717) is 6.42 Å². The number of carbonyl (C=O) groups is 1. The largest absolute Gasteiger partial charge is 0.377 e. The molecule has 0 fully saturated rings. The van der Waals surface area contributed by atoms with Gasteiger partial charge in [0.2, 0.25) is 5.91 Å². The van der Waals surface area contributed by atoms with Gasteiger partial charge in [-0.3, -0.25) is 10.2 Å². The summed E-state index contributed by atoms with van der Waals surface area (Å²) in [5.41, 5.74) is 4.73. The number of carbonyl (C=O) groups excluding carboxylic acids is 1. The van der Waals surface area contributed by atoms with Gasteiger partial charge < -0.3 is 5.11 Å². The Morgan fingerprint density at radius 3 is 2.70 bits per heavy atom. The molecule has 0 aliphatic carbocycles. The summed E-state index contributed by atoms with van der Waals surface area (Å²) in [5.74, 6) is -0.199. The van der Waals surface area contributed by atoms with Crippen LogP contribution in [0.1, 0.15) is 26.7 Å². The number of nitrogens with one attached hydrogen (secondary N) is 2. The SMILES string of the molecule is CCCC(O)NNC(C)=O. The van der Waals surface area contributed by atoms with Crippen LogP contribution in [0.4, 0.5) is 0 Å². The van der Waals surface area contributed by atoms with Crippen LogP contribution in [0.5, 0.6) is 0 Å². The molecule has 1 unspecified atom stereocenters. The summed E-state index contributed by atoms with van der Waals surface area (Å²) in [6, 6.07) is 0. The minimum atomic E-state index is -0.631. The molecule has 0 aromatic heterocycles. The number of hydrogen-bond acceptors (Lipinski definition) is 3. The van der Waals surface area contributed by atoms with E-state index in [1.165, 1.54) is 6.92 Å². The maximum Gasteiger partial charge on any atom is 0.231 e. The maximum absolute atomic E-state index is 10.3. The van der Waals surface area contributed by atoms with Crippen LogP contribution < -0.4 is 10.9 Å². The van der Waals surface area contributed by atoms with Crippen molar-refractivity contribution in [2.24, 2.45) is 0 Å². The van der Waals surface area contributed by atoms with Gasteiger partial charge in [-0.2, -0.15) is 0 Å². The van der Waals surface area contributed by atoms with E-state index in [-0.39, 0.29) is 5.91 Å². The van der Waals surface area contributed by atoms with Crippen LogP contribution in [0, 0.1) is 0 Å². The first kappa shape index (κ1) is 9.39. The first-order valence-corrected chi connectivity index (χ1v) is 3.37. The second kappa shape index (κ2) is 5.20. The summed E-state index contributed by atoms with van der Waals surface area (Å²) in [7, 11) is 0. The average Bonchev–Trinajstić information content (AvgIpc) is 1.85. The summed E-state index contributed by atoms with van der Waals surface area (Å²) < 4.78 is 0. The van der Waals surface area contributed by atoms with Gasteiger partial charge in [0.05, 0.1) is 0 Å². The highest BCUT2D eigenvalue weighted by atomic mass is 16.3. The number of hydrogen-bond donors (Lipinski definition) is 3. The highest BCUT2D eigenvalue weighted by Crippen LogP contribution is 1.89. The van der Waals surface area contributed by atoms with E-state index in [9.17, 15) is 4.79 Å². The quantitative estimate of drug-likeness (QED) is 0.378. The van der Waals surface area contributed by atoms with Gasteiger partial charge in [-0.15, -0.1) is 0 Å². The molecule has 1 amide bonds. The lowest BCUT2D eigenvalue weighted by Crippen LogP contribution is -2.43. The van der Waals surface area contributed by atoms with Gasteiger partial charge in [-0.05, 0) is 6.42 Å². The molecule has 0 saturated carbocycles. The molecule has 4 nitrogen and oxygen atoms in total. The zero-order chi connectivity index (χ0) is 7.98. The van der Waals surface area contributed by atoms with Gasteiger partial charge in [0.25, 0.3) is 0 Å². The third-order valence-corrected chi connectivity index (χ3v) is 0.977. The molecule has 60 valence electrons. The molecule has 0 bridgehead atoms. The smallest absolute Gasteiger partial charge is 0.231 e. The van der Waals surface area contributed by atoms with Crippen LogP contribution in [0.15, 0.2) is 0 Å². The van der Waals surface area contributed by atoms with Crippen LogP contribution >= 0.6 is 0 Å². The Kier molecular flexibility index (Phi) is 4.88. The molecule has 0 aliphatic heterocycles. The van der Waals surface area contributed by atoms with E-state index >= 15 is 0 Å². The molecule has 0 spiro atoms. The fraction of sp³-hybridized carbons (Fsp3) is 0.833. The van der Waals surface area contributed by atoms with Crippen LogP contribution in [0.2, 0.25) is 0 Å². The summed E-state index contributed by atoms with van der Waals surface area (Å²) in [6.45, 7) is 3.34. The van der Waals surface area contributed by atoms with E-state index in [0.717, 1.165) is 6.42 Å². The van der Waals surface area contributed by atoms with Crippen molar-refractivity contribution in [2.75, 3.05) is 0 Å². The van der Waals surface area contributed by atoms with E-state index in [1.54, 1.807) is 0 Å². The van der Waals surface area contributed by atoms with Gasteiger partial charge >= 0.3 is 0 Å². The lowest BCUT2D eigenvalue weighted by atomic mass is 10.3. The standard InChI is InChI=1S/C6H14N2O2/c1-3-4-6(10)8-7-5(2)9/h6,8,10H,3-4H2,1-2H3,(H,7,9). The fourth-order valence-corrected chi connectivity index (χ4v) is 0.531. The lowest BCUT2D eigenvalue weighted by molar-refractivity contribution is -0.121. The van der Waals surface area contributed by atoms with Gasteiger partial charge in [-0.25, -0.2) is 5.43 Å². The Morgan fingerprint density at radius 2 is 2.30 bits per heavy atom. The zero-order valence-electron chi connectivity index (χ0n) is 6.35. The number of hydrazine groups is 1. The molecule has 3 N–H and O–H groups in total. The van der Waals surface area contributed by atoms with Crippen molar-refractivity contribution in [1.82, 2.24) is 10.9 Å². The predicted molar refractivity (Wildman–Crippen MR) is 37.9 cm³/mol. The Hall–Kier alpha value is -0.610. The fourth-order valence-electron chi connectivity index (χ4n) is 0.531. The molecule has 0 radical (unpaired) electrons. The van der Waals surface area contributed by atoms with Crippen LogP contribution in [-0.2, 0) is 4.79 Å². The second-order valence-electron chi connectivity index (χ2n) is 2.13. The van der Waals surface area contributed by atoms with Crippen molar-refractivity contribution in [1.29, 1.82) is 0 Å². The molecular formula is C6H14N2O2. The molecule has 10 heavy (non-hydrogen) atoms. The van der Waals surface area contributed by atoms with E-state index in [4.69, 9.17) is 5.11 Å². The van der Waals surface area contributed by atoms with Crippen molar-refractivity contribution in [3.05, 3.63) is 0 Å². The highest BCUT2D eigenvalue weighted by molar-refractivity contribution is 5.72. The summed E-state index contributed by atoms with van der Waals surface area (Å²) in [6.07, 6.45) is 0.891. The minimum Gasteiger partial charge on any atom is -0.377 e. The third-order valence-electron chi connectivity index (χ3n) is 0.977. The number of aliphatic hydroxyl groups excluding tert-OH is 1. The number of amides is 1. The third kappa shape index (κ3) is 5.53. The van der Waals surface area contributed by atoms with E-state index < -0.39 is 6.23 Å². The predicted octanol–water partition coefficient (Wildman–Crippen LogP) is -0.254. The molecule has 0 saturated heterocycles. The van der Waals surface area contributed by atoms with Gasteiger partial charge in [0.15, 0.2) is 0 Å². The van der Waals surface area contributed by atoms with Crippen molar-refractivity contribution >= 4 is 5.91 Å². The summed E-state index contributed by atoms with van der Waals surface area (Å²) in [4.78, 5) is 10.3. The topological polar surface area (TPSA) is 61.4 Å². The zero-order valence-corrected chi connectivity index (χ0v) is 6.35. The minimum absolute atomic E-state index is 0.199. The van der Waals surface area contributed by atoms with Crippen molar-refractivity contribution in [3.8, 4) is 0 Å². The van der Waals surface area contributed by atoms with Crippen LogP contribution in [0.25, 0.3) is 0 Å². The molecule has 4 heteroatoms. The normalized spacial score (nSPS) is 12.7. The first-order chi connectivity index (χ1) is 4.66. The molecule has 0 aromatic carbocycles. The second-order valence-corrected chi connectivity index (χ2v) is 2.13. The van der Waals surface area contributed by atoms with Crippen LogP contribution in [0.3, 0.4) is 0 Å². The van der Waals surface area contributed by atoms with Crippen molar-refractivity contribution in [3.63, 3.8) is 0 Å². The first-order valence-electron chi connectivity index (χ1n) is 3.37. The van der Waals surface area contributed by atoms with Crippen LogP contribution in [-0.4, -0.2) is 17.2 Å². The number of aliphatic hydroxyl groups is 1. The van der Waals surface area contributed by atoms with Gasteiger partial charge in [0, 0.05) is 6.92 Å². The molecular weight excluding hydrogens is 132 g/mol. The molecule has 0 heterocycles. The average molecular weight is 146 g/mol. The van der Waals surface area contributed by atoms with Crippen molar-refractivity contribution in [2.45, 2.75) is 32.9 Å².